The van der Waals surface area contributed by atoms with Crippen LogP contribution in [0.15, 0.2) is 0 Å². The Morgan fingerprint density at radius 2 is 1.60 bits per heavy atom. The standard InChI is InChI=1S/C12H27N3/c1-4-14(5-2)11-10-13(3)12-15-8-6-7-9-15/h4-12H2,1-3H3. The maximum atomic E-state index is 2.56. The highest BCUT2D eigenvalue weighted by Crippen LogP contribution is 2.07. The maximum absolute atomic E-state index is 2.56. The highest BCUT2D eigenvalue weighted by molar-refractivity contribution is 4.66. The quantitative estimate of drug-likeness (QED) is 0.631. The Morgan fingerprint density at radius 1 is 1.00 bits per heavy atom. The second-order valence-electron chi connectivity index (χ2n) is 4.57. The zero-order valence-corrected chi connectivity index (χ0v) is 10.7. The van der Waals surface area contributed by atoms with Gasteiger partial charge in [-0.05, 0) is 46.1 Å². The van der Waals surface area contributed by atoms with E-state index in [1.54, 1.807) is 0 Å². The van der Waals surface area contributed by atoms with E-state index in [1.807, 2.05) is 0 Å². The fourth-order valence-corrected chi connectivity index (χ4v) is 2.19. The average molecular weight is 213 g/mol. The van der Waals surface area contributed by atoms with Gasteiger partial charge in [0.2, 0.25) is 0 Å². The van der Waals surface area contributed by atoms with E-state index in [4.69, 9.17) is 0 Å². The predicted octanol–water partition coefficient (Wildman–Crippen LogP) is 1.31. The van der Waals surface area contributed by atoms with E-state index in [2.05, 4.69) is 35.6 Å². The smallest absolute Gasteiger partial charge is 0.0503 e. The summed E-state index contributed by atoms with van der Waals surface area (Å²) in [6.07, 6.45) is 2.79. The number of likely N-dealkylation sites (N-methyl/N-ethyl adjacent to an activating group) is 2. The maximum Gasteiger partial charge on any atom is 0.0503 e. The molecular weight excluding hydrogens is 186 g/mol. The van der Waals surface area contributed by atoms with E-state index in [0.717, 1.165) is 6.67 Å². The fourth-order valence-electron chi connectivity index (χ4n) is 2.19. The molecule has 0 unspecified atom stereocenters. The minimum Gasteiger partial charge on any atom is -0.303 e. The molecular formula is C12H27N3. The summed E-state index contributed by atoms with van der Waals surface area (Å²) in [5.41, 5.74) is 0. The number of rotatable bonds is 7. The SMILES string of the molecule is CCN(CC)CCN(C)CN1CCCC1. The van der Waals surface area contributed by atoms with Crippen LogP contribution in [0.1, 0.15) is 26.7 Å². The third-order valence-corrected chi connectivity index (χ3v) is 3.33. The van der Waals surface area contributed by atoms with Crippen LogP contribution in [0.25, 0.3) is 0 Å². The molecule has 1 heterocycles. The van der Waals surface area contributed by atoms with E-state index >= 15 is 0 Å². The normalized spacial score (nSPS) is 18.2. The lowest BCUT2D eigenvalue weighted by Gasteiger charge is -2.26. The summed E-state index contributed by atoms with van der Waals surface area (Å²) in [7, 11) is 2.24. The Morgan fingerprint density at radius 3 is 2.13 bits per heavy atom. The lowest BCUT2D eigenvalue weighted by Crippen LogP contribution is -2.38. The van der Waals surface area contributed by atoms with Crippen molar-refractivity contribution < 1.29 is 0 Å². The first-order valence-electron chi connectivity index (χ1n) is 6.39. The van der Waals surface area contributed by atoms with Gasteiger partial charge in [-0.3, -0.25) is 9.80 Å². The first-order chi connectivity index (χ1) is 7.26. The second-order valence-corrected chi connectivity index (χ2v) is 4.57. The average Bonchev–Trinajstić information content (AvgIpc) is 2.72. The zero-order chi connectivity index (χ0) is 11.1. The minimum absolute atomic E-state index is 1.15. The Balaban J connectivity index is 2.09. The van der Waals surface area contributed by atoms with Crippen LogP contribution in [0.4, 0.5) is 0 Å². The van der Waals surface area contributed by atoms with Crippen molar-refractivity contribution in [2.45, 2.75) is 26.7 Å². The summed E-state index contributed by atoms with van der Waals surface area (Å²) >= 11 is 0. The third kappa shape index (κ3) is 4.96. The Labute approximate surface area is 95.0 Å². The van der Waals surface area contributed by atoms with Gasteiger partial charge in [-0.15, -0.1) is 0 Å². The fraction of sp³-hybridized carbons (Fsp3) is 1.00. The Kier molecular flexibility index (Phi) is 6.22. The van der Waals surface area contributed by atoms with Gasteiger partial charge in [0.05, 0.1) is 6.67 Å². The van der Waals surface area contributed by atoms with Crippen LogP contribution in [0.5, 0.6) is 0 Å². The van der Waals surface area contributed by atoms with Gasteiger partial charge in [0.25, 0.3) is 0 Å². The van der Waals surface area contributed by atoms with Crippen molar-refractivity contribution in [1.82, 2.24) is 14.7 Å². The van der Waals surface area contributed by atoms with E-state index in [9.17, 15) is 0 Å². The second kappa shape index (κ2) is 7.20. The summed E-state index contributed by atoms with van der Waals surface area (Å²) in [5, 5.41) is 0. The molecule has 1 rings (SSSR count). The van der Waals surface area contributed by atoms with Gasteiger partial charge < -0.3 is 4.90 Å². The molecule has 0 spiro atoms. The molecule has 3 nitrogen and oxygen atoms in total. The summed E-state index contributed by atoms with van der Waals surface area (Å²) in [4.78, 5) is 7.49. The predicted molar refractivity (Wildman–Crippen MR) is 66.1 cm³/mol. The van der Waals surface area contributed by atoms with Crippen LogP contribution in [0.2, 0.25) is 0 Å². The van der Waals surface area contributed by atoms with Gasteiger partial charge in [0.1, 0.15) is 0 Å². The van der Waals surface area contributed by atoms with Gasteiger partial charge in [-0.25, -0.2) is 0 Å². The van der Waals surface area contributed by atoms with Crippen molar-refractivity contribution in [3.05, 3.63) is 0 Å². The Bertz CT molecular complexity index is 151. The molecule has 0 N–H and O–H groups in total. The number of nitrogens with zero attached hydrogens (tertiary/aromatic N) is 3. The monoisotopic (exact) mass is 213 g/mol. The van der Waals surface area contributed by atoms with E-state index in [-0.39, 0.29) is 0 Å². The molecule has 0 aromatic rings. The molecule has 3 heteroatoms. The molecule has 0 radical (unpaired) electrons. The topological polar surface area (TPSA) is 9.72 Å². The molecule has 1 aliphatic heterocycles. The lowest BCUT2D eigenvalue weighted by atomic mass is 10.4. The van der Waals surface area contributed by atoms with Crippen LogP contribution >= 0.6 is 0 Å². The lowest BCUT2D eigenvalue weighted by molar-refractivity contribution is 0.161. The number of hydrogen-bond donors (Lipinski definition) is 0. The first kappa shape index (κ1) is 12.9. The molecule has 0 aliphatic carbocycles. The van der Waals surface area contributed by atoms with Crippen molar-refractivity contribution in [3.63, 3.8) is 0 Å². The van der Waals surface area contributed by atoms with Crippen LogP contribution < -0.4 is 0 Å². The van der Waals surface area contributed by atoms with Gasteiger partial charge in [0, 0.05) is 13.1 Å². The van der Waals surface area contributed by atoms with Crippen molar-refractivity contribution in [3.8, 4) is 0 Å². The van der Waals surface area contributed by atoms with Crippen LogP contribution in [0, 0.1) is 0 Å². The third-order valence-electron chi connectivity index (χ3n) is 3.33. The van der Waals surface area contributed by atoms with E-state index in [0.29, 0.717) is 0 Å². The number of likely N-dealkylation sites (tertiary alicyclic amines) is 1. The van der Waals surface area contributed by atoms with Gasteiger partial charge in [-0.2, -0.15) is 0 Å². The first-order valence-corrected chi connectivity index (χ1v) is 6.39. The molecule has 0 atom stereocenters. The molecule has 1 aliphatic rings. The Hall–Kier alpha value is -0.120. The largest absolute Gasteiger partial charge is 0.303 e. The molecule has 0 aromatic heterocycles. The summed E-state index contributed by atoms with van der Waals surface area (Å²) < 4.78 is 0. The molecule has 0 aromatic carbocycles. The minimum atomic E-state index is 1.15. The molecule has 0 amide bonds. The zero-order valence-electron chi connectivity index (χ0n) is 10.7. The summed E-state index contributed by atoms with van der Waals surface area (Å²) in [6, 6.07) is 0. The summed E-state index contributed by atoms with van der Waals surface area (Å²) in [6.45, 7) is 13.0. The van der Waals surface area contributed by atoms with Gasteiger partial charge in [-0.1, -0.05) is 13.8 Å². The van der Waals surface area contributed by atoms with Gasteiger partial charge in [0.15, 0.2) is 0 Å². The van der Waals surface area contributed by atoms with Crippen LogP contribution in [-0.2, 0) is 0 Å². The highest BCUT2D eigenvalue weighted by atomic mass is 15.3. The van der Waals surface area contributed by atoms with Gasteiger partial charge >= 0.3 is 0 Å². The molecule has 0 saturated carbocycles. The van der Waals surface area contributed by atoms with Crippen molar-refractivity contribution in [1.29, 1.82) is 0 Å². The molecule has 15 heavy (non-hydrogen) atoms. The van der Waals surface area contributed by atoms with Crippen molar-refractivity contribution >= 4 is 0 Å². The number of hydrogen-bond acceptors (Lipinski definition) is 3. The highest BCUT2D eigenvalue weighted by Gasteiger charge is 2.13. The molecule has 1 saturated heterocycles. The van der Waals surface area contributed by atoms with Crippen molar-refractivity contribution in [2.75, 3.05) is 53.0 Å². The van der Waals surface area contributed by atoms with E-state index in [1.165, 1.54) is 52.1 Å². The van der Waals surface area contributed by atoms with Crippen LogP contribution in [0.3, 0.4) is 0 Å². The van der Waals surface area contributed by atoms with Crippen LogP contribution in [-0.4, -0.2) is 67.7 Å². The molecule has 0 bridgehead atoms. The summed E-state index contributed by atoms with van der Waals surface area (Å²) in [5.74, 6) is 0. The van der Waals surface area contributed by atoms with E-state index < -0.39 is 0 Å². The van der Waals surface area contributed by atoms with Crippen molar-refractivity contribution in [2.24, 2.45) is 0 Å². The molecule has 90 valence electrons. The molecule has 1 fully saturated rings.